The average molecular weight is 207 g/mol. The second-order valence-electron chi connectivity index (χ2n) is 4.50. The average Bonchev–Trinajstić information content (AvgIpc) is 2.25. The van der Waals surface area contributed by atoms with Gasteiger partial charge in [0.25, 0.3) is 0 Å². The molecular formula is C13H18FN. The number of hydrogen-bond acceptors (Lipinski definition) is 1. The summed E-state index contributed by atoms with van der Waals surface area (Å²) in [4.78, 5) is 0. The van der Waals surface area contributed by atoms with Gasteiger partial charge in [0.15, 0.2) is 0 Å². The maximum absolute atomic E-state index is 13.8. The Morgan fingerprint density at radius 1 is 1.27 bits per heavy atom. The topological polar surface area (TPSA) is 12.0 Å². The summed E-state index contributed by atoms with van der Waals surface area (Å²) in [5, 5.41) is 3.33. The molecule has 1 N–H and O–H groups in total. The van der Waals surface area contributed by atoms with Crippen molar-refractivity contribution in [2.24, 2.45) is 0 Å². The number of piperidine rings is 1. The SMILES string of the molecule is Cc1cc(F)c(C2CCCNC2)cc1C. The number of aryl methyl sites for hydroxylation is 2. The van der Waals surface area contributed by atoms with Crippen LogP contribution in [-0.2, 0) is 0 Å². The van der Waals surface area contributed by atoms with Gasteiger partial charge in [-0.1, -0.05) is 6.07 Å². The van der Waals surface area contributed by atoms with Crippen LogP contribution in [0.5, 0.6) is 0 Å². The van der Waals surface area contributed by atoms with Crippen molar-refractivity contribution in [2.75, 3.05) is 13.1 Å². The van der Waals surface area contributed by atoms with E-state index in [0.29, 0.717) is 5.92 Å². The van der Waals surface area contributed by atoms with E-state index in [1.54, 1.807) is 6.07 Å². The van der Waals surface area contributed by atoms with Crippen LogP contribution in [0.25, 0.3) is 0 Å². The lowest BCUT2D eigenvalue weighted by atomic mass is 9.89. The first-order valence-electron chi connectivity index (χ1n) is 5.66. The third kappa shape index (κ3) is 2.20. The first-order valence-corrected chi connectivity index (χ1v) is 5.66. The molecule has 1 aliphatic rings. The van der Waals surface area contributed by atoms with E-state index in [-0.39, 0.29) is 5.82 Å². The van der Waals surface area contributed by atoms with E-state index < -0.39 is 0 Å². The van der Waals surface area contributed by atoms with Crippen molar-refractivity contribution in [2.45, 2.75) is 32.6 Å². The number of nitrogens with one attached hydrogen (secondary N) is 1. The summed E-state index contributed by atoms with van der Waals surface area (Å²) in [6.07, 6.45) is 2.25. The minimum absolute atomic E-state index is 0.0354. The lowest BCUT2D eigenvalue weighted by Crippen LogP contribution is -2.28. The van der Waals surface area contributed by atoms with Gasteiger partial charge in [-0.3, -0.25) is 0 Å². The molecule has 2 rings (SSSR count). The molecule has 0 saturated carbocycles. The molecule has 1 nitrogen and oxygen atoms in total. The van der Waals surface area contributed by atoms with E-state index in [4.69, 9.17) is 0 Å². The van der Waals surface area contributed by atoms with Gasteiger partial charge in [-0.25, -0.2) is 4.39 Å². The molecule has 1 unspecified atom stereocenters. The molecule has 0 bridgehead atoms. The van der Waals surface area contributed by atoms with Gasteiger partial charge >= 0.3 is 0 Å². The second-order valence-corrected chi connectivity index (χ2v) is 4.50. The maximum Gasteiger partial charge on any atom is 0.127 e. The molecule has 82 valence electrons. The highest BCUT2D eigenvalue weighted by Gasteiger charge is 2.18. The van der Waals surface area contributed by atoms with Crippen LogP contribution in [0.2, 0.25) is 0 Å². The first-order chi connectivity index (χ1) is 7.18. The van der Waals surface area contributed by atoms with Crippen LogP contribution in [0.15, 0.2) is 12.1 Å². The summed E-state index contributed by atoms with van der Waals surface area (Å²) < 4.78 is 13.8. The van der Waals surface area contributed by atoms with Crippen molar-refractivity contribution in [1.29, 1.82) is 0 Å². The third-order valence-electron chi connectivity index (χ3n) is 3.35. The van der Waals surface area contributed by atoms with Crippen molar-refractivity contribution < 1.29 is 4.39 Å². The zero-order valence-electron chi connectivity index (χ0n) is 9.44. The van der Waals surface area contributed by atoms with Crippen LogP contribution >= 0.6 is 0 Å². The Morgan fingerprint density at radius 3 is 2.67 bits per heavy atom. The summed E-state index contributed by atoms with van der Waals surface area (Å²) in [7, 11) is 0. The van der Waals surface area contributed by atoms with Crippen molar-refractivity contribution in [3.63, 3.8) is 0 Å². The predicted octanol–water partition coefficient (Wildman–Crippen LogP) is 2.91. The fraction of sp³-hybridized carbons (Fsp3) is 0.538. The van der Waals surface area contributed by atoms with E-state index in [2.05, 4.69) is 12.2 Å². The molecule has 0 radical (unpaired) electrons. The molecule has 1 aromatic carbocycles. The van der Waals surface area contributed by atoms with Crippen LogP contribution in [0.1, 0.15) is 35.4 Å². The maximum atomic E-state index is 13.8. The lowest BCUT2D eigenvalue weighted by molar-refractivity contribution is 0.446. The van der Waals surface area contributed by atoms with Gasteiger partial charge in [0.1, 0.15) is 5.82 Å². The van der Waals surface area contributed by atoms with Crippen molar-refractivity contribution >= 4 is 0 Å². The Labute approximate surface area is 90.7 Å². The number of hydrogen-bond donors (Lipinski definition) is 1. The number of benzene rings is 1. The highest BCUT2D eigenvalue weighted by atomic mass is 19.1. The van der Waals surface area contributed by atoms with Crippen LogP contribution in [0.3, 0.4) is 0 Å². The van der Waals surface area contributed by atoms with Crippen LogP contribution < -0.4 is 5.32 Å². The molecule has 1 saturated heterocycles. The molecule has 0 aromatic heterocycles. The molecule has 0 amide bonds. The normalized spacial score (nSPS) is 21.7. The van der Waals surface area contributed by atoms with Gasteiger partial charge < -0.3 is 5.32 Å². The summed E-state index contributed by atoms with van der Waals surface area (Å²) >= 11 is 0. The summed E-state index contributed by atoms with van der Waals surface area (Å²) in [5.74, 6) is 0.324. The quantitative estimate of drug-likeness (QED) is 0.746. The number of halogens is 1. The molecule has 1 aliphatic heterocycles. The minimum atomic E-state index is -0.0354. The van der Waals surface area contributed by atoms with Crippen molar-refractivity contribution in [3.05, 3.63) is 34.6 Å². The molecule has 1 atom stereocenters. The van der Waals surface area contributed by atoms with Crippen molar-refractivity contribution in [1.82, 2.24) is 5.32 Å². The Balaban J connectivity index is 2.30. The van der Waals surface area contributed by atoms with E-state index in [9.17, 15) is 4.39 Å². The molecule has 15 heavy (non-hydrogen) atoms. The van der Waals surface area contributed by atoms with E-state index in [1.807, 2.05) is 13.0 Å². The van der Waals surface area contributed by atoms with Gasteiger partial charge in [0.05, 0.1) is 0 Å². The zero-order chi connectivity index (χ0) is 10.8. The molecule has 1 aromatic rings. The zero-order valence-corrected chi connectivity index (χ0v) is 9.44. The van der Waals surface area contributed by atoms with Crippen LogP contribution in [0, 0.1) is 19.7 Å². The Bertz CT molecular complexity index is 354. The van der Waals surface area contributed by atoms with Gasteiger partial charge in [-0.05, 0) is 61.9 Å². The van der Waals surface area contributed by atoms with Gasteiger partial charge in [0.2, 0.25) is 0 Å². The molecule has 0 aliphatic carbocycles. The highest BCUT2D eigenvalue weighted by molar-refractivity contribution is 5.33. The van der Waals surface area contributed by atoms with E-state index in [1.165, 1.54) is 5.56 Å². The van der Waals surface area contributed by atoms with Crippen molar-refractivity contribution in [3.8, 4) is 0 Å². The summed E-state index contributed by atoms with van der Waals surface area (Å²) in [6.45, 7) is 6.00. The smallest absolute Gasteiger partial charge is 0.127 e. The molecule has 1 fully saturated rings. The molecule has 0 spiro atoms. The molecule has 2 heteroatoms. The van der Waals surface area contributed by atoms with Gasteiger partial charge in [0, 0.05) is 6.54 Å². The molecular weight excluding hydrogens is 189 g/mol. The standard InChI is InChI=1S/C13H18FN/c1-9-6-12(13(14)7-10(9)2)11-4-3-5-15-8-11/h6-7,11,15H,3-5,8H2,1-2H3. The Kier molecular flexibility index (Phi) is 3.06. The Morgan fingerprint density at radius 2 is 2.00 bits per heavy atom. The van der Waals surface area contributed by atoms with E-state index in [0.717, 1.165) is 37.1 Å². The first kappa shape index (κ1) is 10.6. The van der Waals surface area contributed by atoms with Gasteiger partial charge in [-0.15, -0.1) is 0 Å². The van der Waals surface area contributed by atoms with E-state index >= 15 is 0 Å². The number of rotatable bonds is 1. The highest BCUT2D eigenvalue weighted by Crippen LogP contribution is 2.27. The largest absolute Gasteiger partial charge is 0.316 e. The van der Waals surface area contributed by atoms with Crippen LogP contribution in [-0.4, -0.2) is 13.1 Å². The minimum Gasteiger partial charge on any atom is -0.316 e. The summed E-state index contributed by atoms with van der Waals surface area (Å²) in [5.41, 5.74) is 3.13. The fourth-order valence-electron chi connectivity index (χ4n) is 2.23. The molecule has 1 heterocycles. The monoisotopic (exact) mass is 207 g/mol. The fourth-order valence-corrected chi connectivity index (χ4v) is 2.23. The second kappa shape index (κ2) is 4.31. The predicted molar refractivity (Wildman–Crippen MR) is 60.7 cm³/mol. The lowest BCUT2D eigenvalue weighted by Gasteiger charge is -2.24. The van der Waals surface area contributed by atoms with Crippen LogP contribution in [0.4, 0.5) is 4.39 Å². The van der Waals surface area contributed by atoms with Gasteiger partial charge in [-0.2, -0.15) is 0 Å². The summed E-state index contributed by atoms with van der Waals surface area (Å²) in [6, 6.07) is 3.68. The Hall–Kier alpha value is -0.890. The third-order valence-corrected chi connectivity index (χ3v) is 3.35.